The van der Waals surface area contributed by atoms with E-state index in [1.165, 1.54) is 11.1 Å². The van der Waals surface area contributed by atoms with Crippen molar-refractivity contribution in [3.05, 3.63) is 30.5 Å². The summed E-state index contributed by atoms with van der Waals surface area (Å²) in [6.45, 7) is 14.1. The van der Waals surface area contributed by atoms with Gasteiger partial charge < -0.3 is 16.0 Å². The highest BCUT2D eigenvalue weighted by molar-refractivity contribution is 6.39. The van der Waals surface area contributed by atoms with Gasteiger partial charge in [0.1, 0.15) is 5.82 Å². The van der Waals surface area contributed by atoms with E-state index in [4.69, 9.17) is 5.73 Å². The summed E-state index contributed by atoms with van der Waals surface area (Å²) in [5.74, 6) is -0.421. The zero-order valence-corrected chi connectivity index (χ0v) is 15.4. The number of rotatable bonds is 5. The number of hydrogen-bond donors (Lipinski definition) is 2. The van der Waals surface area contributed by atoms with Gasteiger partial charge in [-0.2, -0.15) is 0 Å². The summed E-state index contributed by atoms with van der Waals surface area (Å²) in [5, 5.41) is 2.58. The molecule has 0 aliphatic heterocycles. The number of nitrogens with one attached hydrogen (secondary N) is 1. The Hall–Kier alpha value is -2.37. The van der Waals surface area contributed by atoms with Crippen molar-refractivity contribution in [2.24, 2.45) is 5.92 Å². The lowest BCUT2D eigenvalue weighted by atomic mass is 10.2. The predicted molar refractivity (Wildman–Crippen MR) is 99.6 cm³/mol. The van der Waals surface area contributed by atoms with Crippen molar-refractivity contribution in [2.75, 3.05) is 24.1 Å². The topological polar surface area (TPSA) is 88.3 Å². The minimum atomic E-state index is -0.647. The maximum Gasteiger partial charge on any atom is 0.313 e. The monoisotopic (exact) mass is 334 g/mol. The predicted octanol–water partition coefficient (Wildman–Crippen LogP) is 2.86. The third kappa shape index (κ3) is 7.26. The number of amides is 2. The van der Waals surface area contributed by atoms with Gasteiger partial charge in [-0.3, -0.25) is 9.59 Å². The van der Waals surface area contributed by atoms with E-state index in [-0.39, 0.29) is 0 Å². The summed E-state index contributed by atoms with van der Waals surface area (Å²) >= 11 is 0. The molecule has 0 unspecified atom stereocenters. The standard InChI is InChI=1S/C15H24N4O2.C3H6/c1-5-11-7-12(8-17-13(11)16)18-14(20)15(21)19(6-2)9-10(3)4;1-3-2/h7-8,10H,5-6,9H2,1-4H3,(H2,16,17)(H,18,20);3H,1H2,2H3. The van der Waals surface area contributed by atoms with Gasteiger partial charge in [-0.1, -0.05) is 26.8 Å². The third-order valence-electron chi connectivity index (χ3n) is 3.09. The lowest BCUT2D eigenvalue weighted by molar-refractivity contribution is -0.143. The van der Waals surface area contributed by atoms with E-state index >= 15 is 0 Å². The fourth-order valence-corrected chi connectivity index (χ4v) is 2.00. The molecule has 0 saturated heterocycles. The summed E-state index contributed by atoms with van der Waals surface area (Å²) in [7, 11) is 0. The number of carbonyl (C=O) groups excluding carboxylic acids is 2. The van der Waals surface area contributed by atoms with Crippen LogP contribution in [-0.2, 0) is 16.0 Å². The summed E-state index contributed by atoms with van der Waals surface area (Å²) in [6, 6.07) is 1.74. The molecule has 1 aromatic rings. The van der Waals surface area contributed by atoms with Crippen LogP contribution in [0.25, 0.3) is 0 Å². The highest BCUT2D eigenvalue weighted by Gasteiger charge is 2.21. The Kier molecular flexibility index (Phi) is 10.1. The number of allylic oxidation sites excluding steroid dienone is 1. The van der Waals surface area contributed by atoms with Gasteiger partial charge in [-0.25, -0.2) is 4.98 Å². The second-order valence-electron chi connectivity index (χ2n) is 5.72. The third-order valence-corrected chi connectivity index (χ3v) is 3.09. The number of nitrogen functional groups attached to an aromatic ring is 1. The largest absolute Gasteiger partial charge is 0.383 e. The molecule has 0 radical (unpaired) electrons. The molecule has 1 heterocycles. The SMILES string of the molecule is C=CC.CCc1cc(NC(=O)C(=O)N(CC)CC(C)C)cnc1N. The first-order chi connectivity index (χ1) is 11.3. The fourth-order valence-electron chi connectivity index (χ4n) is 2.00. The Morgan fingerprint density at radius 2 is 2.00 bits per heavy atom. The summed E-state index contributed by atoms with van der Waals surface area (Å²) < 4.78 is 0. The zero-order chi connectivity index (χ0) is 18.7. The second kappa shape index (κ2) is 11.2. The normalized spacial score (nSPS) is 9.75. The first kappa shape index (κ1) is 21.6. The number of nitrogens with zero attached hydrogens (tertiary/aromatic N) is 2. The number of carbonyl (C=O) groups is 2. The summed E-state index contributed by atoms with van der Waals surface area (Å²) in [6.07, 6.45) is 3.92. The molecule has 3 N–H and O–H groups in total. The van der Waals surface area contributed by atoms with Crippen LogP contribution in [0.5, 0.6) is 0 Å². The minimum Gasteiger partial charge on any atom is -0.383 e. The van der Waals surface area contributed by atoms with E-state index in [0.29, 0.717) is 36.9 Å². The number of hydrogen-bond acceptors (Lipinski definition) is 4. The Morgan fingerprint density at radius 3 is 2.46 bits per heavy atom. The quantitative estimate of drug-likeness (QED) is 0.640. The van der Waals surface area contributed by atoms with Crippen LogP contribution in [0.3, 0.4) is 0 Å². The molecule has 0 spiro atoms. The molecule has 6 nitrogen and oxygen atoms in total. The summed E-state index contributed by atoms with van der Waals surface area (Å²) in [5.41, 5.74) is 7.04. The Balaban J connectivity index is 0.00000163. The smallest absolute Gasteiger partial charge is 0.313 e. The van der Waals surface area contributed by atoms with E-state index in [1.807, 2.05) is 34.6 Å². The zero-order valence-electron chi connectivity index (χ0n) is 15.4. The van der Waals surface area contributed by atoms with Crippen LogP contribution in [0.15, 0.2) is 24.9 Å². The van der Waals surface area contributed by atoms with Crippen molar-refractivity contribution >= 4 is 23.3 Å². The average Bonchev–Trinajstić information content (AvgIpc) is 2.54. The van der Waals surface area contributed by atoms with Gasteiger partial charge >= 0.3 is 11.8 Å². The molecule has 1 rings (SSSR count). The molecule has 0 bridgehead atoms. The van der Waals surface area contributed by atoms with Crippen LogP contribution in [-0.4, -0.2) is 34.8 Å². The number of aromatic nitrogens is 1. The Labute approximate surface area is 145 Å². The molecule has 24 heavy (non-hydrogen) atoms. The fraction of sp³-hybridized carbons (Fsp3) is 0.500. The van der Waals surface area contributed by atoms with Gasteiger partial charge in [0.15, 0.2) is 0 Å². The van der Waals surface area contributed by atoms with Crippen molar-refractivity contribution < 1.29 is 9.59 Å². The molecular formula is C18H30N4O2. The molecule has 0 atom stereocenters. The van der Waals surface area contributed by atoms with Crippen LogP contribution in [0.4, 0.5) is 11.5 Å². The van der Waals surface area contributed by atoms with Gasteiger partial charge in [0, 0.05) is 13.1 Å². The number of aryl methyl sites for hydroxylation is 1. The molecule has 0 saturated carbocycles. The lowest BCUT2D eigenvalue weighted by Gasteiger charge is -2.22. The molecule has 0 fully saturated rings. The molecule has 6 heteroatoms. The summed E-state index contributed by atoms with van der Waals surface area (Å²) in [4.78, 5) is 29.7. The first-order valence-electron chi connectivity index (χ1n) is 8.22. The first-order valence-corrected chi connectivity index (χ1v) is 8.22. The average molecular weight is 334 g/mol. The van der Waals surface area contributed by atoms with Crippen LogP contribution in [0, 0.1) is 5.92 Å². The molecule has 0 aliphatic carbocycles. The van der Waals surface area contributed by atoms with Crippen LogP contribution in [0.1, 0.15) is 40.2 Å². The molecule has 1 aromatic heterocycles. The van der Waals surface area contributed by atoms with Gasteiger partial charge in [-0.15, -0.1) is 6.58 Å². The number of nitrogens with two attached hydrogens (primary N) is 1. The van der Waals surface area contributed by atoms with Gasteiger partial charge in [0.05, 0.1) is 11.9 Å². The van der Waals surface area contributed by atoms with Gasteiger partial charge in [0.2, 0.25) is 0 Å². The molecule has 0 aromatic carbocycles. The van der Waals surface area contributed by atoms with E-state index < -0.39 is 11.8 Å². The number of likely N-dealkylation sites (N-methyl/N-ethyl adjacent to an activating group) is 1. The maximum absolute atomic E-state index is 12.1. The molecule has 134 valence electrons. The van der Waals surface area contributed by atoms with Crippen molar-refractivity contribution in [3.63, 3.8) is 0 Å². The van der Waals surface area contributed by atoms with Crippen LogP contribution >= 0.6 is 0 Å². The van der Waals surface area contributed by atoms with Gasteiger partial charge in [0.25, 0.3) is 0 Å². The molecule has 0 aliphatic rings. The van der Waals surface area contributed by atoms with E-state index in [9.17, 15) is 9.59 Å². The van der Waals surface area contributed by atoms with Crippen LogP contribution < -0.4 is 11.1 Å². The lowest BCUT2D eigenvalue weighted by Crippen LogP contribution is -2.41. The molecular weight excluding hydrogens is 304 g/mol. The minimum absolute atomic E-state index is 0.312. The Morgan fingerprint density at radius 1 is 1.42 bits per heavy atom. The van der Waals surface area contributed by atoms with Gasteiger partial charge in [-0.05, 0) is 37.8 Å². The van der Waals surface area contributed by atoms with E-state index in [2.05, 4.69) is 16.9 Å². The highest BCUT2D eigenvalue weighted by Crippen LogP contribution is 2.15. The highest BCUT2D eigenvalue weighted by atomic mass is 16.2. The van der Waals surface area contributed by atoms with Crippen molar-refractivity contribution in [2.45, 2.75) is 41.0 Å². The Bertz CT molecular complexity index is 556. The number of pyridine rings is 1. The molecule has 2 amide bonds. The van der Waals surface area contributed by atoms with Crippen LogP contribution in [0.2, 0.25) is 0 Å². The van der Waals surface area contributed by atoms with Crippen molar-refractivity contribution in [3.8, 4) is 0 Å². The number of anilines is 2. The van der Waals surface area contributed by atoms with E-state index in [1.54, 1.807) is 12.1 Å². The second-order valence-corrected chi connectivity index (χ2v) is 5.72. The van der Waals surface area contributed by atoms with E-state index in [0.717, 1.165) is 5.56 Å². The maximum atomic E-state index is 12.1. The van der Waals surface area contributed by atoms with Crippen molar-refractivity contribution in [1.82, 2.24) is 9.88 Å². The van der Waals surface area contributed by atoms with Crippen molar-refractivity contribution in [1.29, 1.82) is 0 Å².